The predicted octanol–water partition coefficient (Wildman–Crippen LogP) is 2.69. The second-order valence-corrected chi connectivity index (χ2v) is 6.13. The molecule has 4 rings (SSSR count). The summed E-state index contributed by atoms with van der Waals surface area (Å²) >= 11 is 0. The van der Waals surface area contributed by atoms with Crippen LogP contribution in [0.5, 0.6) is 0 Å². The predicted molar refractivity (Wildman–Crippen MR) is 97.4 cm³/mol. The van der Waals surface area contributed by atoms with E-state index in [0.29, 0.717) is 11.3 Å². The maximum Gasteiger partial charge on any atom is 0.358 e. The fourth-order valence-corrected chi connectivity index (χ4v) is 3.40. The molecule has 0 saturated carbocycles. The number of hydrogen-bond donors (Lipinski definition) is 1. The highest BCUT2D eigenvalue weighted by Crippen LogP contribution is 2.43. The zero-order chi connectivity index (χ0) is 18.3. The number of fused-ring (bicyclic) bond motifs is 3. The van der Waals surface area contributed by atoms with Crippen LogP contribution in [0.25, 0.3) is 5.69 Å². The first-order valence-corrected chi connectivity index (χ1v) is 8.46. The van der Waals surface area contributed by atoms with E-state index in [1.807, 2.05) is 61.6 Å². The second-order valence-electron chi connectivity index (χ2n) is 6.13. The summed E-state index contributed by atoms with van der Waals surface area (Å²) in [5, 5.41) is 16.2. The molecule has 0 saturated heterocycles. The summed E-state index contributed by atoms with van der Waals surface area (Å²) in [6.07, 6.45) is 0. The zero-order valence-corrected chi connectivity index (χ0v) is 14.6. The van der Waals surface area contributed by atoms with Crippen LogP contribution < -0.4 is 4.90 Å². The molecule has 2 aromatic carbocycles. The summed E-state index contributed by atoms with van der Waals surface area (Å²) in [6, 6.07) is 18.6. The Morgan fingerprint density at radius 2 is 1.77 bits per heavy atom. The highest BCUT2D eigenvalue weighted by atomic mass is 16.5. The van der Waals surface area contributed by atoms with Gasteiger partial charge in [-0.1, -0.05) is 42.5 Å². The Balaban J connectivity index is 1.98. The molecule has 1 aromatic heterocycles. The fourth-order valence-electron chi connectivity index (χ4n) is 3.40. The van der Waals surface area contributed by atoms with Crippen LogP contribution in [0.2, 0.25) is 0 Å². The minimum absolute atomic E-state index is 0.168. The lowest BCUT2D eigenvalue weighted by Gasteiger charge is -2.43. The summed E-state index contributed by atoms with van der Waals surface area (Å²) in [5.74, 6) is -0.509. The van der Waals surface area contributed by atoms with E-state index in [9.17, 15) is 9.90 Å². The first kappa shape index (κ1) is 16.4. The molecule has 3 aromatic rings. The molecule has 1 atom stereocenters. The van der Waals surface area contributed by atoms with Crippen molar-refractivity contribution >= 4 is 11.7 Å². The third-order valence-corrected chi connectivity index (χ3v) is 4.68. The number of para-hydroxylation sites is 2. The Morgan fingerprint density at radius 1 is 1.12 bits per heavy atom. The van der Waals surface area contributed by atoms with Gasteiger partial charge >= 0.3 is 5.97 Å². The lowest BCUT2D eigenvalue weighted by molar-refractivity contribution is 0.0519. The fraction of sp³-hybridized carbons (Fsp3) is 0.200. The normalized spacial score (nSPS) is 18.2. The van der Waals surface area contributed by atoms with Gasteiger partial charge in [0.05, 0.1) is 18.0 Å². The number of benzene rings is 2. The second kappa shape index (κ2) is 6.00. The lowest BCUT2D eigenvalue weighted by Crippen LogP contribution is -2.49. The van der Waals surface area contributed by atoms with Crippen molar-refractivity contribution in [1.29, 1.82) is 0 Å². The summed E-state index contributed by atoms with van der Waals surface area (Å²) in [5.41, 5.74) is 1.49. The first-order chi connectivity index (χ1) is 12.6. The Hall–Kier alpha value is -3.12. The molecular formula is C20H19N3O3. The molecule has 0 bridgehead atoms. The van der Waals surface area contributed by atoms with Crippen LogP contribution in [0.15, 0.2) is 60.7 Å². The van der Waals surface area contributed by atoms with Crippen molar-refractivity contribution in [3.8, 4) is 5.69 Å². The molecule has 0 fully saturated rings. The average molecular weight is 349 g/mol. The first-order valence-electron chi connectivity index (χ1n) is 8.46. The van der Waals surface area contributed by atoms with Crippen molar-refractivity contribution in [2.45, 2.75) is 12.6 Å². The molecule has 26 heavy (non-hydrogen) atoms. The van der Waals surface area contributed by atoms with E-state index in [1.54, 1.807) is 22.6 Å². The molecule has 1 N–H and O–H groups in total. The Bertz CT molecular complexity index is 967. The summed E-state index contributed by atoms with van der Waals surface area (Å²) in [7, 11) is 1.83. The van der Waals surface area contributed by atoms with E-state index in [-0.39, 0.29) is 12.3 Å². The minimum atomic E-state index is -1.46. The number of hydrogen-bond acceptors (Lipinski definition) is 5. The third kappa shape index (κ3) is 2.23. The number of carbonyl (C=O) groups excluding carboxylic acids is 1. The topological polar surface area (TPSA) is 67.6 Å². The quantitative estimate of drug-likeness (QED) is 0.737. The van der Waals surface area contributed by atoms with Gasteiger partial charge in [-0.3, -0.25) is 0 Å². The number of aromatic nitrogens is 2. The number of carbonyl (C=O) groups is 1. The lowest BCUT2D eigenvalue weighted by atomic mass is 9.94. The molecular weight excluding hydrogens is 330 g/mol. The van der Waals surface area contributed by atoms with Gasteiger partial charge in [0, 0.05) is 12.6 Å². The van der Waals surface area contributed by atoms with Crippen molar-refractivity contribution in [3.05, 3.63) is 77.6 Å². The van der Waals surface area contributed by atoms with E-state index in [4.69, 9.17) is 4.74 Å². The van der Waals surface area contributed by atoms with Crippen LogP contribution in [-0.4, -0.2) is 34.5 Å². The summed E-state index contributed by atoms with van der Waals surface area (Å²) in [4.78, 5) is 14.0. The van der Waals surface area contributed by atoms with Crippen molar-refractivity contribution in [2.75, 3.05) is 18.6 Å². The molecule has 1 aliphatic heterocycles. The molecule has 0 spiro atoms. The van der Waals surface area contributed by atoms with Gasteiger partial charge in [-0.25, -0.2) is 9.48 Å². The molecule has 0 radical (unpaired) electrons. The number of ether oxygens (including phenoxy) is 1. The van der Waals surface area contributed by atoms with Crippen LogP contribution in [0.4, 0.5) is 5.69 Å². The number of esters is 1. The van der Waals surface area contributed by atoms with Gasteiger partial charge in [-0.2, -0.15) is 5.10 Å². The van der Waals surface area contributed by atoms with Gasteiger partial charge in [0.25, 0.3) is 0 Å². The van der Waals surface area contributed by atoms with Crippen LogP contribution in [0.1, 0.15) is 28.7 Å². The van der Waals surface area contributed by atoms with Gasteiger partial charge in [0.1, 0.15) is 5.69 Å². The Morgan fingerprint density at radius 3 is 2.46 bits per heavy atom. The molecule has 6 heteroatoms. The van der Waals surface area contributed by atoms with Gasteiger partial charge in [0.2, 0.25) is 5.72 Å². The van der Waals surface area contributed by atoms with Gasteiger partial charge in [-0.15, -0.1) is 0 Å². The Labute approximate surface area is 151 Å². The van der Waals surface area contributed by atoms with Crippen molar-refractivity contribution in [1.82, 2.24) is 9.78 Å². The average Bonchev–Trinajstić information content (AvgIpc) is 3.13. The summed E-state index contributed by atoms with van der Waals surface area (Å²) in [6.45, 7) is 2.01. The van der Waals surface area contributed by atoms with E-state index in [0.717, 1.165) is 11.4 Å². The maximum absolute atomic E-state index is 12.2. The van der Waals surface area contributed by atoms with E-state index in [1.165, 1.54) is 0 Å². The minimum Gasteiger partial charge on any atom is -0.461 e. The van der Waals surface area contributed by atoms with E-state index >= 15 is 0 Å². The van der Waals surface area contributed by atoms with Crippen molar-refractivity contribution in [3.63, 3.8) is 0 Å². The van der Waals surface area contributed by atoms with Crippen LogP contribution in [0, 0.1) is 0 Å². The van der Waals surface area contributed by atoms with Gasteiger partial charge in [-0.05, 0) is 25.1 Å². The number of rotatable bonds is 3. The maximum atomic E-state index is 12.2. The highest BCUT2D eigenvalue weighted by molar-refractivity contribution is 5.88. The smallest absolute Gasteiger partial charge is 0.358 e. The molecule has 6 nitrogen and oxygen atoms in total. The van der Waals surface area contributed by atoms with Crippen LogP contribution in [0.3, 0.4) is 0 Å². The number of aliphatic hydroxyl groups is 1. The third-order valence-electron chi connectivity index (χ3n) is 4.68. The van der Waals surface area contributed by atoms with Gasteiger partial charge in [0.15, 0.2) is 5.69 Å². The Kier molecular flexibility index (Phi) is 3.77. The summed E-state index contributed by atoms with van der Waals surface area (Å²) < 4.78 is 6.70. The molecule has 1 aliphatic rings. The molecule has 0 amide bonds. The number of anilines is 1. The van der Waals surface area contributed by atoms with E-state index in [2.05, 4.69) is 5.10 Å². The standard InChI is InChI=1S/C20H19N3O3/c1-3-26-19(24)15-13-18-20(25,14-9-5-4-6-10-14)22(2)16-11-7-8-12-17(16)23(18)21-15/h4-13,25H,3H2,1-2H3. The monoisotopic (exact) mass is 349 g/mol. The molecule has 2 heterocycles. The van der Waals surface area contributed by atoms with E-state index < -0.39 is 11.7 Å². The van der Waals surface area contributed by atoms with Gasteiger partial charge < -0.3 is 14.7 Å². The van der Waals surface area contributed by atoms with Crippen LogP contribution >= 0.6 is 0 Å². The highest BCUT2D eigenvalue weighted by Gasteiger charge is 2.45. The number of nitrogens with zero attached hydrogens (tertiary/aromatic N) is 3. The molecule has 0 aliphatic carbocycles. The SMILES string of the molecule is CCOC(=O)c1cc2n(n1)-c1ccccc1N(C)C2(O)c1ccccc1. The largest absolute Gasteiger partial charge is 0.461 e. The molecule has 1 unspecified atom stereocenters. The van der Waals surface area contributed by atoms with Crippen molar-refractivity contribution < 1.29 is 14.6 Å². The molecule has 132 valence electrons. The zero-order valence-electron chi connectivity index (χ0n) is 14.6. The van der Waals surface area contributed by atoms with Crippen molar-refractivity contribution in [2.24, 2.45) is 0 Å². The van der Waals surface area contributed by atoms with Crippen LogP contribution in [-0.2, 0) is 10.5 Å².